The predicted molar refractivity (Wildman–Crippen MR) is 62.4 cm³/mol. The van der Waals surface area contributed by atoms with Gasteiger partial charge in [0, 0.05) is 0 Å². The average molecular weight is 327 g/mol. The van der Waals surface area contributed by atoms with Gasteiger partial charge in [0.15, 0.2) is 5.78 Å². The van der Waals surface area contributed by atoms with E-state index in [2.05, 4.69) is 20.7 Å². The summed E-state index contributed by atoms with van der Waals surface area (Å²) in [6.07, 6.45) is -4.85. The van der Waals surface area contributed by atoms with E-state index < -0.39 is 22.7 Å². The van der Waals surface area contributed by atoms with Crippen LogP contribution in [0.5, 0.6) is 11.5 Å². The van der Waals surface area contributed by atoms with Crippen molar-refractivity contribution in [1.82, 2.24) is 0 Å². The second-order valence-electron chi connectivity index (χ2n) is 3.39. The molecule has 0 radical (unpaired) electrons. The van der Waals surface area contributed by atoms with E-state index in [0.29, 0.717) is 0 Å². The minimum atomic E-state index is -4.85. The van der Waals surface area contributed by atoms with E-state index in [-0.39, 0.29) is 11.3 Å². The molecule has 1 aromatic rings. The molecule has 1 aromatic carbocycles. The fourth-order valence-corrected chi connectivity index (χ4v) is 1.50. The Morgan fingerprint density at radius 1 is 1.39 bits per heavy atom. The summed E-state index contributed by atoms with van der Waals surface area (Å²) in [5.41, 5.74) is -0.184. The van der Waals surface area contributed by atoms with Crippen molar-refractivity contribution in [2.45, 2.75) is 18.1 Å². The Bertz CT molecular complexity index is 444. The molecular weight excluding hydrogens is 317 g/mol. The molecule has 0 bridgehead atoms. The van der Waals surface area contributed by atoms with Gasteiger partial charge in [-0.15, -0.1) is 13.2 Å². The van der Waals surface area contributed by atoms with Gasteiger partial charge in [-0.1, -0.05) is 15.9 Å². The van der Waals surface area contributed by atoms with E-state index in [1.807, 2.05) is 0 Å². The Hall–Kier alpha value is -1.24. The Morgan fingerprint density at radius 2 is 2.00 bits per heavy atom. The number of methoxy groups -OCH3 is 1. The highest BCUT2D eigenvalue weighted by Gasteiger charge is 2.33. The molecule has 0 aliphatic heterocycles. The topological polar surface area (TPSA) is 35.5 Å². The first-order chi connectivity index (χ1) is 8.24. The Kier molecular flexibility index (Phi) is 4.61. The van der Waals surface area contributed by atoms with Crippen LogP contribution in [-0.2, 0) is 0 Å². The van der Waals surface area contributed by atoms with Gasteiger partial charge in [0.25, 0.3) is 0 Å². The van der Waals surface area contributed by atoms with Crippen molar-refractivity contribution in [3.8, 4) is 11.5 Å². The largest absolute Gasteiger partial charge is 0.573 e. The molecule has 18 heavy (non-hydrogen) atoms. The SMILES string of the molecule is COc1ccc(OC(F)(F)F)c(C(=O)C(C)Br)c1. The van der Waals surface area contributed by atoms with Crippen molar-refractivity contribution >= 4 is 21.7 Å². The Balaban J connectivity index is 3.20. The van der Waals surface area contributed by atoms with Crippen LogP contribution in [0.25, 0.3) is 0 Å². The van der Waals surface area contributed by atoms with Gasteiger partial charge in [-0.3, -0.25) is 4.79 Å². The number of carbonyl (C=O) groups excluding carboxylic acids is 1. The molecule has 0 saturated heterocycles. The zero-order chi connectivity index (χ0) is 13.9. The lowest BCUT2D eigenvalue weighted by atomic mass is 10.1. The fraction of sp³-hybridized carbons (Fsp3) is 0.364. The summed E-state index contributed by atoms with van der Waals surface area (Å²) in [4.78, 5) is 11.1. The lowest BCUT2D eigenvalue weighted by Crippen LogP contribution is -2.20. The van der Waals surface area contributed by atoms with Crippen molar-refractivity contribution in [2.75, 3.05) is 7.11 Å². The van der Waals surface area contributed by atoms with Crippen LogP contribution in [0.15, 0.2) is 18.2 Å². The first kappa shape index (κ1) is 14.8. The van der Waals surface area contributed by atoms with Crippen LogP contribution in [-0.4, -0.2) is 24.1 Å². The van der Waals surface area contributed by atoms with Gasteiger partial charge >= 0.3 is 6.36 Å². The summed E-state index contributed by atoms with van der Waals surface area (Å²) >= 11 is 3.01. The van der Waals surface area contributed by atoms with Gasteiger partial charge < -0.3 is 9.47 Å². The van der Waals surface area contributed by atoms with Crippen molar-refractivity contribution < 1.29 is 27.4 Å². The molecule has 100 valence electrons. The van der Waals surface area contributed by atoms with E-state index in [9.17, 15) is 18.0 Å². The second kappa shape index (κ2) is 5.60. The van der Waals surface area contributed by atoms with E-state index in [4.69, 9.17) is 4.74 Å². The van der Waals surface area contributed by atoms with E-state index in [1.54, 1.807) is 0 Å². The summed E-state index contributed by atoms with van der Waals surface area (Å²) in [6.45, 7) is 1.51. The maximum Gasteiger partial charge on any atom is 0.573 e. The summed E-state index contributed by atoms with van der Waals surface area (Å²) in [5, 5.41) is 0. The lowest BCUT2D eigenvalue weighted by Gasteiger charge is -2.14. The molecule has 0 fully saturated rings. The number of ketones is 1. The molecular formula is C11H10BrF3O3. The molecule has 0 aromatic heterocycles. The van der Waals surface area contributed by atoms with Crippen LogP contribution < -0.4 is 9.47 Å². The lowest BCUT2D eigenvalue weighted by molar-refractivity contribution is -0.274. The summed E-state index contributed by atoms with van der Waals surface area (Å²) in [7, 11) is 1.35. The van der Waals surface area contributed by atoms with Gasteiger partial charge in [-0.25, -0.2) is 0 Å². The number of halogens is 4. The monoisotopic (exact) mass is 326 g/mol. The van der Waals surface area contributed by atoms with Crippen molar-refractivity contribution in [3.63, 3.8) is 0 Å². The zero-order valence-corrected chi connectivity index (χ0v) is 11.1. The number of benzene rings is 1. The molecule has 0 aliphatic rings. The third-order valence-electron chi connectivity index (χ3n) is 2.04. The summed E-state index contributed by atoms with van der Waals surface area (Å²) in [6, 6.07) is 3.55. The molecule has 0 saturated carbocycles. The van der Waals surface area contributed by atoms with E-state index >= 15 is 0 Å². The van der Waals surface area contributed by atoms with Gasteiger partial charge in [-0.05, 0) is 25.1 Å². The Labute approximate surface area is 110 Å². The highest BCUT2D eigenvalue weighted by Crippen LogP contribution is 2.31. The van der Waals surface area contributed by atoms with Gasteiger partial charge in [-0.2, -0.15) is 0 Å². The molecule has 0 heterocycles. The minimum Gasteiger partial charge on any atom is -0.497 e. The highest BCUT2D eigenvalue weighted by atomic mass is 79.9. The van der Waals surface area contributed by atoms with E-state index in [0.717, 1.165) is 6.07 Å². The number of ether oxygens (including phenoxy) is 2. The van der Waals surface area contributed by atoms with E-state index in [1.165, 1.54) is 26.2 Å². The third kappa shape index (κ3) is 3.90. The molecule has 1 atom stereocenters. The number of hydrogen-bond acceptors (Lipinski definition) is 3. The second-order valence-corrected chi connectivity index (χ2v) is 4.76. The number of carbonyl (C=O) groups is 1. The molecule has 1 rings (SSSR count). The molecule has 0 spiro atoms. The predicted octanol–water partition coefficient (Wildman–Crippen LogP) is 3.56. The summed E-state index contributed by atoms with van der Waals surface area (Å²) in [5.74, 6) is -0.784. The number of alkyl halides is 4. The van der Waals surface area contributed by atoms with Crippen LogP contribution >= 0.6 is 15.9 Å². The smallest absolute Gasteiger partial charge is 0.497 e. The maximum absolute atomic E-state index is 12.2. The Morgan fingerprint density at radius 3 is 2.44 bits per heavy atom. The van der Waals surface area contributed by atoms with Crippen molar-refractivity contribution in [3.05, 3.63) is 23.8 Å². The third-order valence-corrected chi connectivity index (χ3v) is 2.45. The maximum atomic E-state index is 12.2. The fourth-order valence-electron chi connectivity index (χ4n) is 1.26. The first-order valence-corrected chi connectivity index (χ1v) is 5.78. The minimum absolute atomic E-state index is 0.184. The van der Waals surface area contributed by atoms with Crippen LogP contribution in [0.2, 0.25) is 0 Å². The van der Waals surface area contributed by atoms with Crippen LogP contribution in [0.3, 0.4) is 0 Å². The number of hydrogen-bond donors (Lipinski definition) is 0. The quantitative estimate of drug-likeness (QED) is 0.627. The standard InChI is InChI=1S/C11H10BrF3O3/c1-6(12)10(16)8-5-7(17-2)3-4-9(8)18-11(13,14)15/h3-6H,1-2H3. The molecule has 0 amide bonds. The van der Waals surface area contributed by atoms with Gasteiger partial charge in [0.2, 0.25) is 0 Å². The molecule has 0 N–H and O–H groups in total. The van der Waals surface area contributed by atoms with Gasteiger partial charge in [0.05, 0.1) is 17.5 Å². The van der Waals surface area contributed by atoms with Crippen LogP contribution in [0.4, 0.5) is 13.2 Å². The molecule has 7 heteroatoms. The van der Waals surface area contributed by atoms with Crippen molar-refractivity contribution in [2.24, 2.45) is 0 Å². The van der Waals surface area contributed by atoms with Crippen molar-refractivity contribution in [1.29, 1.82) is 0 Å². The zero-order valence-electron chi connectivity index (χ0n) is 9.55. The van der Waals surface area contributed by atoms with Gasteiger partial charge in [0.1, 0.15) is 11.5 Å². The normalized spacial score (nSPS) is 13.0. The number of rotatable bonds is 4. The molecule has 1 unspecified atom stereocenters. The summed E-state index contributed by atoms with van der Waals surface area (Å²) < 4.78 is 45.2. The van der Waals surface area contributed by atoms with Crippen LogP contribution in [0.1, 0.15) is 17.3 Å². The average Bonchev–Trinajstić information content (AvgIpc) is 2.26. The molecule has 0 aliphatic carbocycles. The highest BCUT2D eigenvalue weighted by molar-refractivity contribution is 9.10. The number of Topliss-reactive ketones (excluding diaryl/α,β-unsaturated/α-hetero) is 1. The molecule has 3 nitrogen and oxygen atoms in total. The van der Waals surface area contributed by atoms with Crippen LogP contribution in [0, 0.1) is 0 Å². The first-order valence-electron chi connectivity index (χ1n) is 4.86.